The van der Waals surface area contributed by atoms with E-state index in [1.807, 2.05) is 44.4 Å². The van der Waals surface area contributed by atoms with Gasteiger partial charge in [0.15, 0.2) is 5.82 Å². The van der Waals surface area contributed by atoms with Gasteiger partial charge in [0.2, 0.25) is 5.91 Å². The van der Waals surface area contributed by atoms with Crippen LogP contribution in [0.4, 0.5) is 16.0 Å². The molecule has 0 aliphatic carbocycles. The first-order valence-corrected chi connectivity index (χ1v) is 15.2. The molecule has 1 unspecified atom stereocenters. The fraction of sp³-hybridized carbons (Fsp3) is 0.303. The molecule has 0 bridgehead atoms. The molecule has 44 heavy (non-hydrogen) atoms. The SMILES string of the molecule is C=C(S/C=C(\C)CC(N)C(C)=O)[C@]1(C)C(=O)Nc2nc(C(=NC)c3ccc(Cl)cc3C)nc(N)c21.CCc1ccccc1F. The summed E-state index contributed by atoms with van der Waals surface area (Å²) in [5.41, 5.74) is 15.5. The number of nitrogen functional groups attached to an aromatic ring is 1. The third-order valence-electron chi connectivity index (χ3n) is 7.36. The minimum Gasteiger partial charge on any atom is -0.383 e. The van der Waals surface area contributed by atoms with E-state index < -0.39 is 11.5 Å². The van der Waals surface area contributed by atoms with E-state index in [-0.39, 0.29) is 23.3 Å². The maximum atomic E-state index is 13.1. The number of nitrogens with zero attached hydrogens (tertiary/aromatic N) is 3. The van der Waals surface area contributed by atoms with Crippen LogP contribution < -0.4 is 16.8 Å². The Balaban J connectivity index is 0.000000502. The zero-order valence-corrected chi connectivity index (χ0v) is 27.4. The molecule has 232 valence electrons. The summed E-state index contributed by atoms with van der Waals surface area (Å²) in [6, 6.07) is 11.7. The number of ketones is 1. The number of halogens is 2. The lowest BCUT2D eigenvalue weighted by molar-refractivity contribution is -0.119. The number of carbonyl (C=O) groups is 2. The molecule has 5 N–H and O–H groups in total. The molecule has 2 atom stereocenters. The van der Waals surface area contributed by atoms with Crippen molar-refractivity contribution in [3.63, 3.8) is 0 Å². The van der Waals surface area contributed by atoms with Gasteiger partial charge in [-0.05, 0) is 75.3 Å². The van der Waals surface area contributed by atoms with Crippen molar-refractivity contribution in [2.45, 2.75) is 58.9 Å². The van der Waals surface area contributed by atoms with Gasteiger partial charge in [-0.2, -0.15) is 0 Å². The van der Waals surface area contributed by atoms with Gasteiger partial charge in [0, 0.05) is 22.5 Å². The molecule has 1 aliphatic rings. The van der Waals surface area contributed by atoms with Crippen molar-refractivity contribution in [1.82, 2.24) is 9.97 Å². The summed E-state index contributed by atoms with van der Waals surface area (Å²) in [5.74, 6) is 0.314. The molecular formula is C33H38ClFN6O2S. The Labute approximate surface area is 267 Å². The van der Waals surface area contributed by atoms with Crippen molar-refractivity contribution in [2.75, 3.05) is 18.1 Å². The number of fused-ring (bicyclic) bond motifs is 1. The molecular weight excluding hydrogens is 599 g/mol. The summed E-state index contributed by atoms with van der Waals surface area (Å²) in [6.45, 7) is 13.1. The number of amides is 1. The normalized spacial score (nSPS) is 16.9. The third-order valence-corrected chi connectivity index (χ3v) is 8.81. The summed E-state index contributed by atoms with van der Waals surface area (Å²) in [6.07, 6.45) is 1.19. The van der Waals surface area contributed by atoms with E-state index in [0.29, 0.717) is 39.3 Å². The number of aryl methyl sites for hydroxylation is 2. The predicted octanol–water partition coefficient (Wildman–Crippen LogP) is 6.54. The van der Waals surface area contributed by atoms with E-state index in [0.717, 1.165) is 28.7 Å². The molecule has 8 nitrogen and oxygen atoms in total. The quantitative estimate of drug-likeness (QED) is 0.227. The third kappa shape index (κ3) is 7.61. The number of hydrogen-bond acceptors (Lipinski definition) is 8. The van der Waals surface area contributed by atoms with E-state index >= 15 is 0 Å². The zero-order chi connectivity index (χ0) is 32.8. The molecule has 0 spiro atoms. The number of nitrogens with one attached hydrogen (secondary N) is 1. The summed E-state index contributed by atoms with van der Waals surface area (Å²) in [5, 5.41) is 5.29. The number of benzene rings is 2. The Hall–Kier alpha value is -3.86. The lowest BCUT2D eigenvalue weighted by atomic mass is 9.84. The van der Waals surface area contributed by atoms with Crippen molar-refractivity contribution < 1.29 is 14.0 Å². The molecule has 0 saturated carbocycles. The highest BCUT2D eigenvalue weighted by Crippen LogP contribution is 2.48. The van der Waals surface area contributed by atoms with E-state index in [2.05, 4.69) is 26.9 Å². The molecule has 4 rings (SSSR count). The Bertz CT molecular complexity index is 1660. The van der Waals surface area contributed by atoms with Crippen LogP contribution in [0.2, 0.25) is 5.02 Å². The van der Waals surface area contributed by atoms with Crippen molar-refractivity contribution in [3.05, 3.63) is 104 Å². The van der Waals surface area contributed by atoms with Crippen molar-refractivity contribution in [3.8, 4) is 0 Å². The first-order valence-electron chi connectivity index (χ1n) is 14.0. The van der Waals surface area contributed by atoms with Crippen LogP contribution in [0.15, 0.2) is 69.9 Å². The second-order valence-corrected chi connectivity index (χ2v) is 12.0. The highest BCUT2D eigenvalue weighted by molar-refractivity contribution is 8.05. The van der Waals surface area contributed by atoms with E-state index in [1.165, 1.54) is 24.8 Å². The highest BCUT2D eigenvalue weighted by atomic mass is 35.5. The average molecular weight is 637 g/mol. The minimum atomic E-state index is -1.15. The van der Waals surface area contributed by atoms with Crippen molar-refractivity contribution in [1.29, 1.82) is 0 Å². The number of anilines is 2. The van der Waals surface area contributed by atoms with Crippen LogP contribution >= 0.6 is 23.4 Å². The minimum absolute atomic E-state index is 0.0813. The van der Waals surface area contributed by atoms with E-state index in [9.17, 15) is 14.0 Å². The van der Waals surface area contributed by atoms with Gasteiger partial charge in [-0.1, -0.05) is 54.9 Å². The highest BCUT2D eigenvalue weighted by Gasteiger charge is 2.48. The molecule has 3 aromatic rings. The lowest BCUT2D eigenvalue weighted by Crippen LogP contribution is -2.32. The predicted molar refractivity (Wildman–Crippen MR) is 180 cm³/mol. The van der Waals surface area contributed by atoms with Crippen LogP contribution in [0.3, 0.4) is 0 Å². The van der Waals surface area contributed by atoms with Gasteiger partial charge in [-0.25, -0.2) is 14.4 Å². The topological polar surface area (TPSA) is 136 Å². The number of aromatic nitrogens is 2. The first kappa shape index (κ1) is 34.6. The van der Waals surface area contributed by atoms with Gasteiger partial charge in [0.1, 0.15) is 34.4 Å². The van der Waals surface area contributed by atoms with Crippen LogP contribution in [-0.4, -0.2) is 40.5 Å². The average Bonchev–Trinajstić information content (AvgIpc) is 3.24. The number of aliphatic imine (C=N–C) groups is 1. The van der Waals surface area contributed by atoms with Crippen molar-refractivity contribution >= 4 is 52.4 Å². The zero-order valence-electron chi connectivity index (χ0n) is 25.8. The smallest absolute Gasteiger partial charge is 0.241 e. The molecule has 1 amide bonds. The Morgan fingerprint density at radius 3 is 2.50 bits per heavy atom. The summed E-state index contributed by atoms with van der Waals surface area (Å²) in [7, 11) is 1.64. The van der Waals surface area contributed by atoms with Gasteiger partial charge in [-0.3, -0.25) is 14.6 Å². The van der Waals surface area contributed by atoms with E-state index in [4.69, 9.17) is 23.1 Å². The summed E-state index contributed by atoms with van der Waals surface area (Å²) < 4.78 is 12.6. The molecule has 1 aromatic heterocycles. The molecule has 1 aliphatic heterocycles. The standard InChI is InChI=1S/C25H29ClN6O2S.C8H9F/c1-12(9-18(27)14(3)33)11-35-15(4)25(5)19-21(28)30-23(31-22(19)32-24(25)34)20(29-6)17-8-7-16(26)10-13(17)2;1-2-7-5-3-4-6-8(7)9/h7-8,10-11,18H,4,9,27H2,1-3,5-6H3,(H3,28,30,31,32,34);3-6H,2H2,1H3/b12-11+,29-20?;/t18?,25-;/m0./s1. The summed E-state index contributed by atoms with van der Waals surface area (Å²) >= 11 is 7.39. The Kier molecular flexibility index (Phi) is 11.6. The molecule has 11 heteroatoms. The number of rotatable bonds is 9. The number of nitrogens with two attached hydrogens (primary N) is 2. The maximum absolute atomic E-state index is 13.1. The van der Waals surface area contributed by atoms with Crippen molar-refractivity contribution in [2.24, 2.45) is 10.7 Å². The van der Waals surface area contributed by atoms with Crippen LogP contribution in [0, 0.1) is 12.7 Å². The first-order chi connectivity index (χ1) is 20.7. The van der Waals surface area contributed by atoms with Gasteiger partial charge in [0.05, 0.1) is 11.6 Å². The number of Topliss-reactive ketones (excluding diaryl/α,β-unsaturated/α-hetero) is 1. The number of carbonyl (C=O) groups excluding carboxylic acids is 2. The fourth-order valence-electron chi connectivity index (χ4n) is 4.63. The second kappa shape index (κ2) is 14.7. The Morgan fingerprint density at radius 2 is 1.93 bits per heavy atom. The van der Waals surface area contributed by atoms with E-state index in [1.54, 1.807) is 32.2 Å². The van der Waals surface area contributed by atoms with Crippen LogP contribution in [0.25, 0.3) is 0 Å². The monoisotopic (exact) mass is 636 g/mol. The molecule has 0 radical (unpaired) electrons. The largest absolute Gasteiger partial charge is 0.383 e. The number of thioether (sulfide) groups is 1. The van der Waals surface area contributed by atoms with Crippen LogP contribution in [0.5, 0.6) is 0 Å². The molecule has 2 heterocycles. The molecule has 0 fully saturated rings. The number of hydrogen-bond donors (Lipinski definition) is 3. The van der Waals surface area contributed by atoms with Crippen LogP contribution in [0.1, 0.15) is 62.2 Å². The van der Waals surface area contributed by atoms with Gasteiger partial charge in [0.25, 0.3) is 0 Å². The molecule has 0 saturated heterocycles. The summed E-state index contributed by atoms with van der Waals surface area (Å²) in [4.78, 5) is 38.6. The second-order valence-electron chi connectivity index (χ2n) is 10.6. The molecule has 2 aromatic carbocycles. The maximum Gasteiger partial charge on any atom is 0.241 e. The van der Waals surface area contributed by atoms with Crippen LogP contribution in [-0.2, 0) is 21.4 Å². The van der Waals surface area contributed by atoms with Gasteiger partial charge >= 0.3 is 0 Å². The lowest BCUT2D eigenvalue weighted by Gasteiger charge is -2.24. The Morgan fingerprint density at radius 1 is 1.25 bits per heavy atom. The van der Waals surface area contributed by atoms with Gasteiger partial charge in [-0.15, -0.1) is 11.8 Å². The fourth-order valence-corrected chi connectivity index (χ4v) is 5.72. The van der Waals surface area contributed by atoms with Gasteiger partial charge < -0.3 is 16.8 Å².